The molecule has 0 amide bonds. The summed E-state index contributed by atoms with van der Waals surface area (Å²) in [5.41, 5.74) is 5.55. The number of methoxy groups -OCH3 is 1. The van der Waals surface area contributed by atoms with E-state index in [1.54, 1.807) is 0 Å². The first kappa shape index (κ1) is 17.2. The van der Waals surface area contributed by atoms with Crippen LogP contribution in [0.15, 0.2) is 48.5 Å². The van der Waals surface area contributed by atoms with E-state index in [0.29, 0.717) is 5.56 Å². The molecule has 25 heavy (non-hydrogen) atoms. The van der Waals surface area contributed by atoms with Crippen molar-refractivity contribution in [2.75, 3.05) is 7.11 Å². The first-order valence-corrected chi connectivity index (χ1v) is 8.41. The minimum absolute atomic E-state index is 0.100. The number of esters is 1. The lowest BCUT2D eigenvalue weighted by molar-refractivity contribution is 0.0603. The Hall–Kier alpha value is -2.68. The quantitative estimate of drug-likeness (QED) is 0.598. The molecule has 0 bridgehead atoms. The van der Waals surface area contributed by atoms with Gasteiger partial charge < -0.3 is 4.74 Å². The molecule has 0 saturated heterocycles. The molecular weight excluding hydrogens is 310 g/mol. The molecule has 1 aromatic heterocycles. The van der Waals surface area contributed by atoms with E-state index in [4.69, 9.17) is 9.72 Å². The van der Waals surface area contributed by atoms with Gasteiger partial charge >= 0.3 is 5.97 Å². The normalized spacial score (nSPS) is 11.6. The van der Waals surface area contributed by atoms with Gasteiger partial charge in [0, 0.05) is 10.9 Å². The SMILES string of the molecule is COC(=O)c1cc(-c2ccc(C(C)(C)C)cc2)nc2c(C)cccc12. The van der Waals surface area contributed by atoms with Gasteiger partial charge in [-0.05, 0) is 29.5 Å². The summed E-state index contributed by atoms with van der Waals surface area (Å²) in [5.74, 6) is -0.342. The fourth-order valence-corrected chi connectivity index (χ4v) is 2.96. The molecule has 3 heteroatoms. The summed E-state index contributed by atoms with van der Waals surface area (Å²) in [6, 6.07) is 16.0. The van der Waals surface area contributed by atoms with Gasteiger partial charge in [-0.15, -0.1) is 0 Å². The lowest BCUT2D eigenvalue weighted by Gasteiger charge is -2.19. The number of para-hydroxylation sites is 1. The van der Waals surface area contributed by atoms with Gasteiger partial charge in [-0.1, -0.05) is 63.2 Å². The number of hydrogen-bond donors (Lipinski definition) is 0. The molecule has 3 nitrogen and oxygen atoms in total. The van der Waals surface area contributed by atoms with E-state index in [9.17, 15) is 4.79 Å². The highest BCUT2D eigenvalue weighted by Crippen LogP contribution is 2.29. The molecule has 2 aromatic carbocycles. The summed E-state index contributed by atoms with van der Waals surface area (Å²) in [7, 11) is 1.40. The zero-order valence-electron chi connectivity index (χ0n) is 15.4. The van der Waals surface area contributed by atoms with E-state index in [2.05, 4.69) is 45.0 Å². The largest absolute Gasteiger partial charge is 0.465 e. The van der Waals surface area contributed by atoms with Gasteiger partial charge in [-0.3, -0.25) is 0 Å². The smallest absolute Gasteiger partial charge is 0.338 e. The standard InChI is InChI=1S/C22H23NO2/c1-14-7-6-8-17-18(21(24)25-5)13-19(23-20(14)17)15-9-11-16(12-10-15)22(2,3)4/h6-13H,1-5H3. The third-order valence-electron chi connectivity index (χ3n) is 4.49. The number of carbonyl (C=O) groups is 1. The Labute approximate surface area is 148 Å². The lowest BCUT2D eigenvalue weighted by atomic mass is 9.86. The molecule has 3 aromatic rings. The van der Waals surface area contributed by atoms with Crippen molar-refractivity contribution in [2.45, 2.75) is 33.1 Å². The summed E-state index contributed by atoms with van der Waals surface area (Å²) < 4.78 is 4.97. The molecule has 0 saturated carbocycles. The average molecular weight is 333 g/mol. The van der Waals surface area contributed by atoms with Crippen LogP contribution in [0.25, 0.3) is 22.2 Å². The van der Waals surface area contributed by atoms with Crippen LogP contribution in [-0.4, -0.2) is 18.1 Å². The Morgan fingerprint density at radius 3 is 2.32 bits per heavy atom. The maximum atomic E-state index is 12.3. The minimum atomic E-state index is -0.342. The molecule has 0 spiro atoms. The maximum Gasteiger partial charge on any atom is 0.338 e. The van der Waals surface area contributed by atoms with Gasteiger partial charge in [-0.25, -0.2) is 9.78 Å². The zero-order valence-corrected chi connectivity index (χ0v) is 15.4. The Kier molecular flexibility index (Phi) is 4.34. The molecule has 0 fully saturated rings. The van der Waals surface area contributed by atoms with Gasteiger partial charge in [0.05, 0.1) is 23.9 Å². The van der Waals surface area contributed by atoms with E-state index in [-0.39, 0.29) is 11.4 Å². The minimum Gasteiger partial charge on any atom is -0.465 e. The van der Waals surface area contributed by atoms with Crippen LogP contribution in [0, 0.1) is 6.92 Å². The molecule has 0 radical (unpaired) electrons. The van der Waals surface area contributed by atoms with Crippen molar-refractivity contribution < 1.29 is 9.53 Å². The summed E-state index contributed by atoms with van der Waals surface area (Å²) in [5, 5.41) is 0.821. The summed E-state index contributed by atoms with van der Waals surface area (Å²) in [4.78, 5) is 17.1. The highest BCUT2D eigenvalue weighted by atomic mass is 16.5. The first-order chi connectivity index (χ1) is 11.8. The van der Waals surface area contributed by atoms with Crippen molar-refractivity contribution in [3.05, 3.63) is 65.2 Å². The highest BCUT2D eigenvalue weighted by molar-refractivity contribution is 6.05. The number of pyridine rings is 1. The van der Waals surface area contributed by atoms with Gasteiger partial charge in [-0.2, -0.15) is 0 Å². The summed E-state index contributed by atoms with van der Waals surface area (Å²) in [6.45, 7) is 8.57. The molecule has 128 valence electrons. The Balaban J connectivity index is 2.20. The zero-order chi connectivity index (χ0) is 18.2. The van der Waals surface area contributed by atoms with Crippen LogP contribution in [0.1, 0.15) is 42.3 Å². The number of aryl methyl sites for hydroxylation is 1. The number of benzene rings is 2. The van der Waals surface area contributed by atoms with Crippen LogP contribution in [0.4, 0.5) is 0 Å². The fourth-order valence-electron chi connectivity index (χ4n) is 2.96. The van der Waals surface area contributed by atoms with Crippen molar-refractivity contribution in [3.63, 3.8) is 0 Å². The van der Waals surface area contributed by atoms with Crippen molar-refractivity contribution in [1.29, 1.82) is 0 Å². The number of ether oxygens (including phenoxy) is 1. The molecule has 3 rings (SSSR count). The van der Waals surface area contributed by atoms with E-state index in [0.717, 1.165) is 27.7 Å². The Bertz CT molecular complexity index is 935. The van der Waals surface area contributed by atoms with Gasteiger partial charge in [0.15, 0.2) is 0 Å². The van der Waals surface area contributed by atoms with E-state index < -0.39 is 0 Å². The number of fused-ring (bicyclic) bond motifs is 1. The molecule has 0 N–H and O–H groups in total. The second-order valence-electron chi connectivity index (χ2n) is 7.35. The Morgan fingerprint density at radius 1 is 1.04 bits per heavy atom. The van der Waals surface area contributed by atoms with E-state index >= 15 is 0 Å². The topological polar surface area (TPSA) is 39.2 Å². The summed E-state index contributed by atoms with van der Waals surface area (Å²) >= 11 is 0. The van der Waals surface area contributed by atoms with Crippen LogP contribution >= 0.6 is 0 Å². The number of nitrogens with zero attached hydrogens (tertiary/aromatic N) is 1. The third-order valence-corrected chi connectivity index (χ3v) is 4.49. The second kappa shape index (κ2) is 6.32. The first-order valence-electron chi connectivity index (χ1n) is 8.41. The predicted octanol–water partition coefficient (Wildman–Crippen LogP) is 5.29. The molecule has 0 aliphatic rings. The number of hydrogen-bond acceptors (Lipinski definition) is 3. The summed E-state index contributed by atoms with van der Waals surface area (Å²) in [6.07, 6.45) is 0. The maximum absolute atomic E-state index is 12.3. The van der Waals surface area contributed by atoms with Crippen molar-refractivity contribution >= 4 is 16.9 Å². The lowest BCUT2D eigenvalue weighted by Crippen LogP contribution is -2.10. The van der Waals surface area contributed by atoms with Crippen molar-refractivity contribution in [2.24, 2.45) is 0 Å². The molecule has 0 aliphatic carbocycles. The third kappa shape index (κ3) is 3.27. The number of rotatable bonds is 2. The molecule has 1 heterocycles. The monoisotopic (exact) mass is 333 g/mol. The molecule has 0 aliphatic heterocycles. The van der Waals surface area contributed by atoms with Crippen LogP contribution in [0.5, 0.6) is 0 Å². The van der Waals surface area contributed by atoms with Crippen molar-refractivity contribution in [3.8, 4) is 11.3 Å². The van der Waals surface area contributed by atoms with Gasteiger partial charge in [0.25, 0.3) is 0 Å². The van der Waals surface area contributed by atoms with Crippen molar-refractivity contribution in [1.82, 2.24) is 4.98 Å². The number of aromatic nitrogens is 1. The van der Waals surface area contributed by atoms with Crippen LogP contribution in [0.3, 0.4) is 0 Å². The highest BCUT2D eigenvalue weighted by Gasteiger charge is 2.17. The van der Waals surface area contributed by atoms with E-state index in [1.165, 1.54) is 12.7 Å². The Morgan fingerprint density at radius 2 is 1.72 bits per heavy atom. The van der Waals surface area contributed by atoms with E-state index in [1.807, 2.05) is 31.2 Å². The van der Waals surface area contributed by atoms with Gasteiger partial charge in [0.1, 0.15) is 0 Å². The van der Waals surface area contributed by atoms with Crippen LogP contribution < -0.4 is 0 Å². The van der Waals surface area contributed by atoms with Gasteiger partial charge in [0.2, 0.25) is 0 Å². The number of carbonyl (C=O) groups excluding carboxylic acids is 1. The average Bonchev–Trinajstić information content (AvgIpc) is 2.60. The van der Waals surface area contributed by atoms with Crippen LogP contribution in [-0.2, 0) is 10.2 Å². The predicted molar refractivity (Wildman–Crippen MR) is 102 cm³/mol. The van der Waals surface area contributed by atoms with Crippen LogP contribution in [0.2, 0.25) is 0 Å². The second-order valence-corrected chi connectivity index (χ2v) is 7.35. The molecule has 0 unspecified atom stereocenters. The fraction of sp³-hybridized carbons (Fsp3) is 0.273. The molecule has 0 atom stereocenters. The molecular formula is C22H23NO2.